The van der Waals surface area contributed by atoms with Crippen LogP contribution < -0.4 is 0 Å². The normalized spacial score (nSPS) is 18.7. The Morgan fingerprint density at radius 3 is 2.13 bits per heavy atom. The smallest absolute Gasteiger partial charge is 0.0851 e. The second-order valence-corrected chi connectivity index (χ2v) is 4.81. The van der Waals surface area contributed by atoms with E-state index < -0.39 is 5.41 Å². The van der Waals surface area contributed by atoms with E-state index in [2.05, 4.69) is 6.07 Å². The molecular weight excluding hydrogens is 229 g/mol. The standard InChI is InChI=1S/C12H11Cl2N/c13-9-4-3-5-10(14)11(9)12(8-15)6-1-2-7-12/h3-5H,1-2,6-7H2. The summed E-state index contributed by atoms with van der Waals surface area (Å²) in [6.07, 6.45) is 3.89. The van der Waals surface area contributed by atoms with Gasteiger partial charge in [0.1, 0.15) is 0 Å². The van der Waals surface area contributed by atoms with Crippen LogP contribution in [0.25, 0.3) is 0 Å². The summed E-state index contributed by atoms with van der Waals surface area (Å²) >= 11 is 12.3. The lowest BCUT2D eigenvalue weighted by Gasteiger charge is -2.23. The van der Waals surface area contributed by atoms with Gasteiger partial charge in [0.2, 0.25) is 0 Å². The summed E-state index contributed by atoms with van der Waals surface area (Å²) < 4.78 is 0. The molecule has 0 spiro atoms. The Labute approximate surface area is 99.6 Å². The first-order valence-corrected chi connectivity index (χ1v) is 5.81. The minimum Gasteiger partial charge on any atom is -0.197 e. The number of benzene rings is 1. The van der Waals surface area contributed by atoms with Gasteiger partial charge in [-0.2, -0.15) is 5.26 Å². The van der Waals surface area contributed by atoms with Gasteiger partial charge in [0.05, 0.1) is 11.5 Å². The van der Waals surface area contributed by atoms with Crippen LogP contribution in [-0.4, -0.2) is 0 Å². The van der Waals surface area contributed by atoms with Gasteiger partial charge in [-0.15, -0.1) is 0 Å². The second-order valence-electron chi connectivity index (χ2n) is 4.00. The maximum Gasteiger partial charge on any atom is 0.0851 e. The lowest BCUT2D eigenvalue weighted by molar-refractivity contribution is 0.573. The van der Waals surface area contributed by atoms with Gasteiger partial charge in [0, 0.05) is 15.6 Å². The van der Waals surface area contributed by atoms with Crippen molar-refractivity contribution in [3.05, 3.63) is 33.8 Å². The molecule has 0 N–H and O–H groups in total. The largest absolute Gasteiger partial charge is 0.197 e. The summed E-state index contributed by atoms with van der Waals surface area (Å²) in [6.45, 7) is 0. The SMILES string of the molecule is N#CC1(c2c(Cl)cccc2Cl)CCCC1. The first-order chi connectivity index (χ1) is 7.19. The van der Waals surface area contributed by atoms with E-state index in [0.29, 0.717) is 10.0 Å². The van der Waals surface area contributed by atoms with E-state index in [1.165, 1.54) is 0 Å². The molecule has 1 saturated carbocycles. The van der Waals surface area contributed by atoms with Crippen molar-refractivity contribution >= 4 is 23.2 Å². The van der Waals surface area contributed by atoms with Gasteiger partial charge in [-0.1, -0.05) is 42.1 Å². The number of nitriles is 1. The minimum atomic E-state index is -0.449. The molecule has 0 amide bonds. The average molecular weight is 240 g/mol. The quantitative estimate of drug-likeness (QED) is 0.716. The Morgan fingerprint density at radius 2 is 1.67 bits per heavy atom. The van der Waals surface area contributed by atoms with Crippen LogP contribution in [0.5, 0.6) is 0 Å². The highest BCUT2D eigenvalue weighted by Crippen LogP contribution is 2.46. The monoisotopic (exact) mass is 239 g/mol. The fraction of sp³-hybridized carbons (Fsp3) is 0.417. The van der Waals surface area contributed by atoms with Crippen LogP contribution >= 0.6 is 23.2 Å². The summed E-state index contributed by atoms with van der Waals surface area (Å²) in [5.41, 5.74) is 0.378. The summed E-state index contributed by atoms with van der Waals surface area (Å²) in [6, 6.07) is 7.83. The maximum absolute atomic E-state index is 9.35. The third-order valence-electron chi connectivity index (χ3n) is 3.11. The predicted octanol–water partition coefficient (Wildman–Crippen LogP) is 4.33. The molecule has 1 aliphatic rings. The van der Waals surface area contributed by atoms with Crippen molar-refractivity contribution in [1.29, 1.82) is 5.26 Å². The van der Waals surface area contributed by atoms with Crippen LogP contribution in [-0.2, 0) is 5.41 Å². The Balaban J connectivity index is 2.57. The molecule has 0 heterocycles. The van der Waals surface area contributed by atoms with Gasteiger partial charge in [-0.3, -0.25) is 0 Å². The van der Waals surface area contributed by atoms with E-state index in [1.807, 2.05) is 6.07 Å². The highest BCUT2D eigenvalue weighted by molar-refractivity contribution is 6.36. The zero-order valence-electron chi connectivity index (χ0n) is 8.26. The Kier molecular flexibility index (Phi) is 2.91. The molecule has 0 atom stereocenters. The average Bonchev–Trinajstić information content (AvgIpc) is 2.67. The molecule has 15 heavy (non-hydrogen) atoms. The summed E-state index contributed by atoms with van der Waals surface area (Å²) in [7, 11) is 0. The minimum absolute atomic E-state index is 0.449. The Hall–Kier alpha value is -0.710. The Morgan fingerprint density at radius 1 is 1.13 bits per heavy atom. The lowest BCUT2D eigenvalue weighted by Crippen LogP contribution is -2.20. The van der Waals surface area contributed by atoms with Gasteiger partial charge >= 0.3 is 0 Å². The second kappa shape index (κ2) is 4.04. The number of hydrogen-bond donors (Lipinski definition) is 0. The van der Waals surface area contributed by atoms with Crippen LogP contribution in [0.4, 0.5) is 0 Å². The van der Waals surface area contributed by atoms with Crippen molar-refractivity contribution < 1.29 is 0 Å². The van der Waals surface area contributed by atoms with Gasteiger partial charge in [0.15, 0.2) is 0 Å². The molecule has 0 bridgehead atoms. The van der Waals surface area contributed by atoms with E-state index in [1.54, 1.807) is 12.1 Å². The zero-order chi connectivity index (χ0) is 10.9. The number of nitrogens with zero attached hydrogens (tertiary/aromatic N) is 1. The lowest BCUT2D eigenvalue weighted by atomic mass is 9.80. The van der Waals surface area contributed by atoms with Gasteiger partial charge in [-0.25, -0.2) is 0 Å². The number of halogens is 2. The highest BCUT2D eigenvalue weighted by Gasteiger charge is 2.38. The van der Waals surface area contributed by atoms with Crippen molar-refractivity contribution in [2.75, 3.05) is 0 Å². The molecule has 1 nitrogen and oxygen atoms in total. The highest BCUT2D eigenvalue weighted by atomic mass is 35.5. The van der Waals surface area contributed by atoms with Crippen molar-refractivity contribution in [2.24, 2.45) is 0 Å². The van der Waals surface area contributed by atoms with Crippen LogP contribution in [0, 0.1) is 11.3 Å². The molecule has 1 aromatic rings. The summed E-state index contributed by atoms with van der Waals surface area (Å²) in [5.74, 6) is 0. The molecule has 2 rings (SSSR count). The van der Waals surface area contributed by atoms with Gasteiger partial charge < -0.3 is 0 Å². The van der Waals surface area contributed by atoms with Crippen LogP contribution in [0.2, 0.25) is 10.0 Å². The van der Waals surface area contributed by atoms with Gasteiger partial charge in [-0.05, 0) is 25.0 Å². The molecule has 0 aromatic heterocycles. The van der Waals surface area contributed by atoms with Crippen molar-refractivity contribution in [2.45, 2.75) is 31.1 Å². The molecule has 1 aromatic carbocycles. The molecule has 78 valence electrons. The fourth-order valence-electron chi connectivity index (χ4n) is 2.35. The van der Waals surface area contributed by atoms with E-state index in [0.717, 1.165) is 31.2 Å². The maximum atomic E-state index is 9.35. The molecule has 1 fully saturated rings. The molecule has 3 heteroatoms. The molecule has 0 aliphatic heterocycles. The van der Waals surface area contributed by atoms with E-state index >= 15 is 0 Å². The molecule has 0 saturated heterocycles. The van der Waals surface area contributed by atoms with Gasteiger partial charge in [0.25, 0.3) is 0 Å². The van der Waals surface area contributed by atoms with E-state index in [4.69, 9.17) is 23.2 Å². The fourth-order valence-corrected chi connectivity index (χ4v) is 3.11. The number of rotatable bonds is 1. The third-order valence-corrected chi connectivity index (χ3v) is 3.74. The Bertz CT molecular complexity index is 394. The van der Waals surface area contributed by atoms with Crippen LogP contribution in [0.15, 0.2) is 18.2 Å². The van der Waals surface area contributed by atoms with Crippen LogP contribution in [0.3, 0.4) is 0 Å². The third kappa shape index (κ3) is 1.73. The summed E-state index contributed by atoms with van der Waals surface area (Å²) in [5, 5.41) is 10.6. The molecule has 1 aliphatic carbocycles. The predicted molar refractivity (Wildman–Crippen MR) is 62.2 cm³/mol. The van der Waals surface area contributed by atoms with E-state index in [-0.39, 0.29) is 0 Å². The van der Waals surface area contributed by atoms with E-state index in [9.17, 15) is 5.26 Å². The van der Waals surface area contributed by atoms with Crippen molar-refractivity contribution in [3.8, 4) is 6.07 Å². The molecule has 0 unspecified atom stereocenters. The zero-order valence-corrected chi connectivity index (χ0v) is 9.78. The topological polar surface area (TPSA) is 23.8 Å². The first-order valence-electron chi connectivity index (χ1n) is 5.05. The van der Waals surface area contributed by atoms with Crippen molar-refractivity contribution in [1.82, 2.24) is 0 Å². The first kappa shape index (κ1) is 10.8. The number of hydrogen-bond acceptors (Lipinski definition) is 1. The molecule has 0 radical (unpaired) electrons. The summed E-state index contributed by atoms with van der Waals surface area (Å²) in [4.78, 5) is 0. The van der Waals surface area contributed by atoms with Crippen LogP contribution in [0.1, 0.15) is 31.2 Å². The van der Waals surface area contributed by atoms with Crippen molar-refractivity contribution in [3.63, 3.8) is 0 Å². The molecular formula is C12H11Cl2N.